The number of likely N-dealkylation sites (N-methyl/N-ethyl adjacent to an activating group) is 1. The third-order valence-corrected chi connectivity index (χ3v) is 3.40. The number of hydrogen-bond acceptors (Lipinski definition) is 3. The maximum atomic E-state index is 9.12. The summed E-state index contributed by atoms with van der Waals surface area (Å²) in [6, 6.07) is 2.45. The number of piperidine rings is 3. The van der Waals surface area contributed by atoms with Crippen LogP contribution >= 0.6 is 0 Å². The summed E-state index contributed by atoms with van der Waals surface area (Å²) in [6.07, 6.45) is 2.38. The van der Waals surface area contributed by atoms with E-state index in [1.54, 1.807) is 0 Å². The smallest absolute Gasteiger partial charge is 0.122 e. The van der Waals surface area contributed by atoms with Gasteiger partial charge in [-0.3, -0.25) is 0 Å². The van der Waals surface area contributed by atoms with E-state index >= 15 is 0 Å². The minimum Gasteiger partial charge on any atom is -0.301 e. The van der Waals surface area contributed by atoms with Crippen molar-refractivity contribution < 1.29 is 0 Å². The first kappa shape index (κ1) is 8.03. The van der Waals surface area contributed by atoms with Crippen LogP contribution in [0.2, 0.25) is 0 Å². The summed E-state index contributed by atoms with van der Waals surface area (Å²) in [4.78, 5) is 2.39. The molecule has 0 unspecified atom stereocenters. The van der Waals surface area contributed by atoms with Crippen LogP contribution in [0.5, 0.6) is 0 Å². The number of fused-ring (bicyclic) bond motifs is 3. The highest BCUT2D eigenvalue weighted by molar-refractivity contribution is 5.16. The van der Waals surface area contributed by atoms with Crippen LogP contribution < -0.4 is 5.32 Å². The van der Waals surface area contributed by atoms with Gasteiger partial charge in [-0.2, -0.15) is 5.26 Å². The molecule has 0 aromatic rings. The molecule has 3 aliphatic heterocycles. The van der Waals surface area contributed by atoms with Gasteiger partial charge in [-0.1, -0.05) is 0 Å². The van der Waals surface area contributed by atoms with Crippen molar-refractivity contribution in [3.63, 3.8) is 0 Å². The van der Waals surface area contributed by atoms with Crippen LogP contribution in [0.15, 0.2) is 0 Å². The second kappa shape index (κ2) is 2.72. The Morgan fingerprint density at radius 3 is 2.42 bits per heavy atom. The number of hydrogen-bond donors (Lipinski definition) is 1. The predicted octanol–water partition coefficient (Wildman–Crippen LogP) is 0.194. The van der Waals surface area contributed by atoms with Crippen LogP contribution in [-0.4, -0.2) is 37.1 Å². The summed E-state index contributed by atoms with van der Waals surface area (Å²) in [6.45, 7) is 3.30. The molecule has 3 heteroatoms. The van der Waals surface area contributed by atoms with Crippen molar-refractivity contribution >= 4 is 0 Å². The molecule has 3 saturated heterocycles. The van der Waals surface area contributed by atoms with E-state index in [1.165, 1.54) is 25.9 Å². The first-order chi connectivity index (χ1) is 5.80. The molecule has 1 N–H and O–H groups in total. The van der Waals surface area contributed by atoms with E-state index in [4.69, 9.17) is 5.26 Å². The minimum absolute atomic E-state index is 0.240. The zero-order valence-electron chi connectivity index (χ0n) is 7.51. The standard InChI is InChI=1S/C9H15N3/c1-11-9(6-10)7-12-4-2-8(9)3-5-12/h8,11H,2-5,7H2,1H3/t9-/m0/s1. The highest BCUT2D eigenvalue weighted by Gasteiger charge is 2.45. The van der Waals surface area contributed by atoms with Gasteiger partial charge in [0.1, 0.15) is 5.54 Å². The largest absolute Gasteiger partial charge is 0.301 e. The number of rotatable bonds is 1. The van der Waals surface area contributed by atoms with Crippen molar-refractivity contribution in [2.24, 2.45) is 5.92 Å². The molecule has 0 radical (unpaired) electrons. The molecule has 66 valence electrons. The fourth-order valence-electron chi connectivity index (χ4n) is 2.53. The van der Waals surface area contributed by atoms with Gasteiger partial charge >= 0.3 is 0 Å². The Morgan fingerprint density at radius 2 is 2.17 bits per heavy atom. The molecule has 0 aromatic carbocycles. The lowest BCUT2D eigenvalue weighted by Crippen LogP contribution is -2.64. The van der Waals surface area contributed by atoms with E-state index in [-0.39, 0.29) is 5.54 Å². The molecule has 12 heavy (non-hydrogen) atoms. The van der Waals surface area contributed by atoms with Crippen molar-refractivity contribution in [1.29, 1.82) is 5.26 Å². The van der Waals surface area contributed by atoms with Crippen molar-refractivity contribution in [3.05, 3.63) is 0 Å². The molecule has 0 aliphatic carbocycles. The van der Waals surface area contributed by atoms with Gasteiger partial charge in [0, 0.05) is 6.54 Å². The highest BCUT2D eigenvalue weighted by Crippen LogP contribution is 2.34. The van der Waals surface area contributed by atoms with Crippen molar-refractivity contribution in [2.75, 3.05) is 26.7 Å². The lowest BCUT2D eigenvalue weighted by atomic mass is 9.74. The number of nitrogens with zero attached hydrogens (tertiary/aromatic N) is 2. The Kier molecular flexibility index (Phi) is 1.82. The molecule has 3 rings (SSSR count). The lowest BCUT2D eigenvalue weighted by Gasteiger charge is -2.49. The maximum Gasteiger partial charge on any atom is 0.122 e. The fourth-order valence-corrected chi connectivity index (χ4v) is 2.53. The molecule has 3 fully saturated rings. The molecule has 3 aliphatic rings. The Balaban J connectivity index is 2.22. The van der Waals surface area contributed by atoms with Crippen molar-refractivity contribution in [1.82, 2.24) is 10.2 Å². The van der Waals surface area contributed by atoms with Gasteiger partial charge in [-0.15, -0.1) is 0 Å². The normalized spacial score (nSPS) is 45.7. The van der Waals surface area contributed by atoms with Gasteiger partial charge in [-0.25, -0.2) is 0 Å². The second-order valence-electron chi connectivity index (χ2n) is 3.88. The van der Waals surface area contributed by atoms with Crippen LogP contribution in [0.25, 0.3) is 0 Å². The maximum absolute atomic E-state index is 9.12. The molecular formula is C9H15N3. The Hall–Kier alpha value is -0.590. The topological polar surface area (TPSA) is 39.1 Å². The van der Waals surface area contributed by atoms with Gasteiger partial charge in [0.2, 0.25) is 0 Å². The van der Waals surface area contributed by atoms with Gasteiger partial charge in [-0.05, 0) is 38.9 Å². The minimum atomic E-state index is -0.240. The number of nitriles is 1. The molecule has 0 saturated carbocycles. The molecule has 2 bridgehead atoms. The molecule has 3 nitrogen and oxygen atoms in total. The molecule has 0 spiro atoms. The quantitative estimate of drug-likeness (QED) is 0.603. The Morgan fingerprint density at radius 1 is 1.50 bits per heavy atom. The summed E-state index contributed by atoms with van der Waals surface area (Å²) < 4.78 is 0. The fraction of sp³-hybridized carbons (Fsp3) is 0.889. The summed E-state index contributed by atoms with van der Waals surface area (Å²) in [5.41, 5.74) is -0.240. The van der Waals surface area contributed by atoms with E-state index in [9.17, 15) is 0 Å². The summed E-state index contributed by atoms with van der Waals surface area (Å²) >= 11 is 0. The Labute approximate surface area is 73.3 Å². The van der Waals surface area contributed by atoms with Gasteiger partial charge in [0.05, 0.1) is 6.07 Å². The zero-order valence-corrected chi connectivity index (χ0v) is 7.51. The Bertz CT molecular complexity index is 212. The highest BCUT2D eigenvalue weighted by atomic mass is 15.2. The van der Waals surface area contributed by atoms with Crippen molar-refractivity contribution in [2.45, 2.75) is 18.4 Å². The predicted molar refractivity (Wildman–Crippen MR) is 46.6 cm³/mol. The van der Waals surface area contributed by atoms with E-state index in [0.717, 1.165) is 6.54 Å². The first-order valence-corrected chi connectivity index (χ1v) is 4.63. The molecular weight excluding hydrogens is 150 g/mol. The molecule has 0 amide bonds. The molecule has 0 aromatic heterocycles. The molecule has 1 atom stereocenters. The summed E-state index contributed by atoms with van der Waals surface area (Å²) in [5.74, 6) is 0.581. The van der Waals surface area contributed by atoms with Gasteiger partial charge in [0.15, 0.2) is 0 Å². The second-order valence-corrected chi connectivity index (χ2v) is 3.88. The van der Waals surface area contributed by atoms with Crippen LogP contribution in [-0.2, 0) is 0 Å². The SMILES string of the molecule is CN[C@@]1(C#N)CN2CCC1CC2. The first-order valence-electron chi connectivity index (χ1n) is 4.63. The molecule has 3 heterocycles. The average Bonchev–Trinajstić information content (AvgIpc) is 2.19. The summed E-state index contributed by atoms with van der Waals surface area (Å²) in [7, 11) is 1.91. The van der Waals surface area contributed by atoms with Gasteiger partial charge < -0.3 is 10.2 Å². The van der Waals surface area contributed by atoms with Crippen LogP contribution in [0.3, 0.4) is 0 Å². The van der Waals surface area contributed by atoms with E-state index in [0.29, 0.717) is 5.92 Å². The van der Waals surface area contributed by atoms with E-state index in [1.807, 2.05) is 7.05 Å². The van der Waals surface area contributed by atoms with Crippen LogP contribution in [0.1, 0.15) is 12.8 Å². The number of nitrogens with one attached hydrogen (secondary N) is 1. The zero-order chi connectivity index (χ0) is 8.60. The van der Waals surface area contributed by atoms with E-state index in [2.05, 4.69) is 16.3 Å². The average molecular weight is 165 g/mol. The third kappa shape index (κ3) is 0.954. The third-order valence-electron chi connectivity index (χ3n) is 3.40. The van der Waals surface area contributed by atoms with Crippen molar-refractivity contribution in [3.8, 4) is 6.07 Å². The van der Waals surface area contributed by atoms with E-state index < -0.39 is 0 Å². The monoisotopic (exact) mass is 165 g/mol. The van der Waals surface area contributed by atoms with Crippen LogP contribution in [0.4, 0.5) is 0 Å². The lowest BCUT2D eigenvalue weighted by molar-refractivity contribution is 0.0411. The van der Waals surface area contributed by atoms with Gasteiger partial charge in [0.25, 0.3) is 0 Å². The van der Waals surface area contributed by atoms with Crippen LogP contribution in [0, 0.1) is 17.2 Å². The summed E-state index contributed by atoms with van der Waals surface area (Å²) in [5, 5.41) is 12.3.